The van der Waals surface area contributed by atoms with Crippen LogP contribution in [0.2, 0.25) is 0 Å². The van der Waals surface area contributed by atoms with E-state index in [-0.39, 0.29) is 0 Å². The van der Waals surface area contributed by atoms with Gasteiger partial charge >= 0.3 is 0 Å². The second-order valence-electron chi connectivity index (χ2n) is 2.64. The van der Waals surface area contributed by atoms with E-state index >= 15 is 0 Å². The molecule has 1 aromatic carbocycles. The van der Waals surface area contributed by atoms with E-state index in [9.17, 15) is 5.11 Å². The van der Waals surface area contributed by atoms with E-state index in [1.165, 1.54) is 0 Å². The van der Waals surface area contributed by atoms with Crippen molar-refractivity contribution >= 4 is 9.24 Å². The molecule has 0 bridgehead atoms. The predicted octanol–water partition coefficient (Wildman–Crippen LogP) is 2.12. The average molecular weight is 168 g/mol. The second-order valence-corrected chi connectivity index (χ2v) is 3.60. The molecule has 0 aliphatic carbocycles. The maximum absolute atomic E-state index is 9.76. The van der Waals surface area contributed by atoms with Crippen LogP contribution in [0, 0.1) is 0 Å². The fourth-order valence-corrected chi connectivity index (χ4v) is 1.12. The number of rotatable bonds is 2. The molecular formula is C9H13OP. The van der Waals surface area contributed by atoms with Crippen LogP contribution in [0.3, 0.4) is 0 Å². The number of benzene rings is 1. The van der Waals surface area contributed by atoms with Gasteiger partial charge in [-0.25, -0.2) is 0 Å². The Balaban J connectivity index is 2.93. The molecule has 1 nitrogen and oxygen atoms in total. The van der Waals surface area contributed by atoms with E-state index in [1.807, 2.05) is 37.3 Å². The fourth-order valence-electron chi connectivity index (χ4n) is 0.931. The van der Waals surface area contributed by atoms with Crippen molar-refractivity contribution in [2.75, 3.05) is 0 Å². The summed E-state index contributed by atoms with van der Waals surface area (Å²) >= 11 is 0. The van der Waals surface area contributed by atoms with Crippen LogP contribution in [0.15, 0.2) is 30.3 Å². The molecule has 0 aliphatic heterocycles. The number of hydrogen-bond donors (Lipinski definition) is 1. The van der Waals surface area contributed by atoms with Gasteiger partial charge in [-0.2, -0.15) is 0 Å². The van der Waals surface area contributed by atoms with Crippen molar-refractivity contribution in [2.24, 2.45) is 0 Å². The SMILES string of the molecule is CCC(O)(P)c1ccccc1. The van der Waals surface area contributed by atoms with Gasteiger partial charge in [0.25, 0.3) is 0 Å². The minimum atomic E-state index is -0.749. The lowest BCUT2D eigenvalue weighted by molar-refractivity contribution is 0.132. The van der Waals surface area contributed by atoms with Crippen LogP contribution in [-0.4, -0.2) is 5.11 Å². The van der Waals surface area contributed by atoms with Gasteiger partial charge in [-0.05, 0) is 12.0 Å². The Labute approximate surface area is 69.7 Å². The smallest absolute Gasteiger partial charge is 0.102 e. The molecule has 0 heterocycles. The van der Waals surface area contributed by atoms with E-state index in [1.54, 1.807) is 0 Å². The summed E-state index contributed by atoms with van der Waals surface area (Å²) in [5.41, 5.74) is 0.951. The zero-order valence-electron chi connectivity index (χ0n) is 6.62. The Morgan fingerprint density at radius 1 is 1.36 bits per heavy atom. The summed E-state index contributed by atoms with van der Waals surface area (Å²) in [6, 6.07) is 9.66. The van der Waals surface area contributed by atoms with E-state index in [0.29, 0.717) is 6.42 Å². The maximum atomic E-state index is 9.76. The van der Waals surface area contributed by atoms with Crippen LogP contribution in [0.25, 0.3) is 0 Å². The first-order chi connectivity index (χ1) is 5.17. The lowest BCUT2D eigenvalue weighted by Crippen LogP contribution is -2.14. The minimum absolute atomic E-state index is 0.710. The van der Waals surface area contributed by atoms with Gasteiger partial charge in [-0.15, -0.1) is 0 Å². The van der Waals surface area contributed by atoms with E-state index in [0.717, 1.165) is 5.56 Å². The monoisotopic (exact) mass is 168 g/mol. The van der Waals surface area contributed by atoms with Gasteiger partial charge < -0.3 is 5.11 Å². The molecule has 1 rings (SSSR count). The summed E-state index contributed by atoms with van der Waals surface area (Å²) in [4.78, 5) is 0. The van der Waals surface area contributed by atoms with Crippen LogP contribution in [0.4, 0.5) is 0 Å². The molecule has 0 aromatic heterocycles. The molecule has 0 saturated heterocycles. The molecule has 2 unspecified atom stereocenters. The molecule has 0 radical (unpaired) electrons. The fraction of sp³-hybridized carbons (Fsp3) is 0.333. The highest BCUT2D eigenvalue weighted by Gasteiger charge is 2.19. The maximum Gasteiger partial charge on any atom is 0.102 e. The Morgan fingerprint density at radius 3 is 2.36 bits per heavy atom. The Bertz CT molecular complexity index is 218. The zero-order valence-corrected chi connectivity index (χ0v) is 7.77. The molecule has 11 heavy (non-hydrogen) atoms. The highest BCUT2D eigenvalue weighted by molar-refractivity contribution is 7.18. The largest absolute Gasteiger partial charge is 0.381 e. The molecule has 60 valence electrons. The molecule has 0 spiro atoms. The highest BCUT2D eigenvalue weighted by Crippen LogP contribution is 2.30. The summed E-state index contributed by atoms with van der Waals surface area (Å²) in [6.07, 6.45) is 0.710. The summed E-state index contributed by atoms with van der Waals surface area (Å²) in [5.74, 6) is 0. The average Bonchev–Trinajstić information content (AvgIpc) is 2.06. The van der Waals surface area contributed by atoms with Gasteiger partial charge in [0, 0.05) is 0 Å². The lowest BCUT2D eigenvalue weighted by atomic mass is 10.1. The van der Waals surface area contributed by atoms with Gasteiger partial charge in [0.05, 0.1) is 0 Å². The van der Waals surface area contributed by atoms with Gasteiger partial charge in [0.2, 0.25) is 0 Å². The quantitative estimate of drug-likeness (QED) is 0.670. The molecular weight excluding hydrogens is 155 g/mol. The third-order valence-corrected chi connectivity index (χ3v) is 2.55. The zero-order chi connectivity index (χ0) is 8.32. The molecule has 0 aliphatic rings. The summed E-state index contributed by atoms with van der Waals surface area (Å²) in [6.45, 7) is 1.96. The minimum Gasteiger partial charge on any atom is -0.381 e. The predicted molar refractivity (Wildman–Crippen MR) is 50.3 cm³/mol. The third kappa shape index (κ3) is 2.02. The Hall–Kier alpha value is -0.390. The van der Waals surface area contributed by atoms with Crippen LogP contribution in [-0.2, 0) is 5.34 Å². The van der Waals surface area contributed by atoms with E-state index in [2.05, 4.69) is 9.24 Å². The lowest BCUT2D eigenvalue weighted by Gasteiger charge is -2.21. The Kier molecular flexibility index (Phi) is 2.64. The number of aliphatic hydroxyl groups is 1. The molecule has 0 amide bonds. The highest BCUT2D eigenvalue weighted by atomic mass is 31.0. The van der Waals surface area contributed by atoms with Crippen molar-refractivity contribution in [2.45, 2.75) is 18.7 Å². The van der Waals surface area contributed by atoms with Crippen molar-refractivity contribution in [1.82, 2.24) is 0 Å². The van der Waals surface area contributed by atoms with Crippen LogP contribution >= 0.6 is 9.24 Å². The van der Waals surface area contributed by atoms with Crippen molar-refractivity contribution in [3.63, 3.8) is 0 Å². The van der Waals surface area contributed by atoms with E-state index in [4.69, 9.17) is 0 Å². The second kappa shape index (κ2) is 3.34. The molecule has 1 N–H and O–H groups in total. The first kappa shape index (κ1) is 8.70. The molecule has 0 saturated carbocycles. The first-order valence-corrected chi connectivity index (χ1v) is 4.31. The Morgan fingerprint density at radius 2 is 1.91 bits per heavy atom. The van der Waals surface area contributed by atoms with E-state index < -0.39 is 5.34 Å². The molecule has 0 fully saturated rings. The van der Waals surface area contributed by atoms with Crippen LogP contribution in [0.5, 0.6) is 0 Å². The number of hydrogen-bond acceptors (Lipinski definition) is 1. The summed E-state index contributed by atoms with van der Waals surface area (Å²) < 4.78 is 0. The molecule has 2 atom stereocenters. The van der Waals surface area contributed by atoms with Gasteiger partial charge in [0.1, 0.15) is 5.34 Å². The van der Waals surface area contributed by atoms with Crippen LogP contribution in [0.1, 0.15) is 18.9 Å². The van der Waals surface area contributed by atoms with Gasteiger partial charge in [0.15, 0.2) is 0 Å². The van der Waals surface area contributed by atoms with Crippen molar-refractivity contribution in [1.29, 1.82) is 0 Å². The topological polar surface area (TPSA) is 20.2 Å². The van der Waals surface area contributed by atoms with Crippen molar-refractivity contribution < 1.29 is 5.11 Å². The molecule has 1 aromatic rings. The summed E-state index contributed by atoms with van der Waals surface area (Å²) in [7, 11) is 2.46. The van der Waals surface area contributed by atoms with Crippen molar-refractivity contribution in [3.05, 3.63) is 35.9 Å². The standard InChI is InChI=1S/C9H13OP/c1-2-9(10,11)8-6-4-3-5-7-8/h3-7,10H,2,11H2,1H3. The normalized spacial score (nSPS) is 15.9. The first-order valence-electron chi connectivity index (χ1n) is 3.73. The van der Waals surface area contributed by atoms with Crippen LogP contribution < -0.4 is 0 Å². The van der Waals surface area contributed by atoms with Gasteiger partial charge in [-0.3, -0.25) is 0 Å². The molecule has 2 heteroatoms. The van der Waals surface area contributed by atoms with Gasteiger partial charge in [-0.1, -0.05) is 46.5 Å². The summed E-state index contributed by atoms with van der Waals surface area (Å²) in [5, 5.41) is 9.01. The van der Waals surface area contributed by atoms with Crippen molar-refractivity contribution in [3.8, 4) is 0 Å². The third-order valence-electron chi connectivity index (χ3n) is 1.81.